The second kappa shape index (κ2) is 8.53. The zero-order chi connectivity index (χ0) is 18.5. The monoisotopic (exact) mass is 365 g/mol. The summed E-state index contributed by atoms with van der Waals surface area (Å²) in [6.07, 6.45) is 8.36. The van der Waals surface area contributed by atoms with Crippen LogP contribution in [0.4, 0.5) is 0 Å². The number of carbonyl (C=O) groups excluding carboxylic acids is 1. The summed E-state index contributed by atoms with van der Waals surface area (Å²) in [4.78, 5) is 18.9. The topological polar surface area (TPSA) is 54.5 Å². The molecule has 0 spiro atoms. The van der Waals surface area contributed by atoms with E-state index in [2.05, 4.69) is 10.3 Å². The number of hydrogen-bond acceptors (Lipinski definition) is 4. The van der Waals surface area contributed by atoms with E-state index in [1.165, 1.54) is 12.8 Å². The number of benzene rings is 1. The molecule has 1 aliphatic carbocycles. The summed E-state index contributed by atoms with van der Waals surface area (Å²) in [5, 5.41) is 3.66. The van der Waals surface area contributed by atoms with E-state index >= 15 is 0 Å². The fraction of sp³-hybridized carbons (Fsp3) is 0.455. The van der Waals surface area contributed by atoms with Gasteiger partial charge in [0.15, 0.2) is 0 Å². The minimum absolute atomic E-state index is 0.0995. The van der Waals surface area contributed by atoms with Crippen molar-refractivity contribution in [1.82, 2.24) is 15.2 Å². The van der Waals surface area contributed by atoms with Crippen molar-refractivity contribution < 1.29 is 9.53 Å². The van der Waals surface area contributed by atoms with E-state index in [1.54, 1.807) is 12.4 Å². The predicted octanol–water partition coefficient (Wildman–Crippen LogP) is 3.26. The molecule has 2 aromatic rings. The van der Waals surface area contributed by atoms with Gasteiger partial charge in [-0.05, 0) is 62.4 Å². The third kappa shape index (κ3) is 5.07. The SMILES string of the molecule is O=C(c1cccc(OCc2cccnc2)c1)N1CCC(NCC2CC2)CC1. The first-order valence-electron chi connectivity index (χ1n) is 9.92. The summed E-state index contributed by atoms with van der Waals surface area (Å²) in [5.74, 6) is 1.72. The van der Waals surface area contributed by atoms with E-state index in [-0.39, 0.29) is 5.91 Å². The molecular weight excluding hydrogens is 338 g/mol. The zero-order valence-corrected chi connectivity index (χ0v) is 15.6. The van der Waals surface area contributed by atoms with Crippen LogP contribution in [0.25, 0.3) is 0 Å². The van der Waals surface area contributed by atoms with Crippen molar-refractivity contribution in [2.75, 3.05) is 19.6 Å². The Kier molecular flexibility index (Phi) is 5.68. The summed E-state index contributed by atoms with van der Waals surface area (Å²) >= 11 is 0. The number of rotatable bonds is 7. The van der Waals surface area contributed by atoms with E-state index in [1.807, 2.05) is 41.3 Å². The lowest BCUT2D eigenvalue weighted by Crippen LogP contribution is -2.45. The standard InChI is InChI=1S/C22H27N3O2/c26-22(25-11-8-20(9-12-25)24-15-17-6-7-17)19-4-1-5-21(13-19)27-16-18-3-2-10-23-14-18/h1-5,10,13-14,17,20,24H,6-9,11-12,15-16H2. The smallest absolute Gasteiger partial charge is 0.253 e. The van der Waals surface area contributed by atoms with Gasteiger partial charge in [-0.2, -0.15) is 0 Å². The van der Waals surface area contributed by atoms with Crippen molar-refractivity contribution in [1.29, 1.82) is 0 Å². The predicted molar refractivity (Wildman–Crippen MR) is 105 cm³/mol. The van der Waals surface area contributed by atoms with E-state index in [4.69, 9.17) is 4.74 Å². The number of ether oxygens (including phenoxy) is 1. The zero-order valence-electron chi connectivity index (χ0n) is 15.6. The molecule has 1 aliphatic heterocycles. The average molecular weight is 365 g/mol. The molecule has 1 aromatic heterocycles. The van der Waals surface area contributed by atoms with Gasteiger partial charge in [0.1, 0.15) is 12.4 Å². The van der Waals surface area contributed by atoms with Crippen molar-refractivity contribution in [3.8, 4) is 5.75 Å². The highest BCUT2D eigenvalue weighted by atomic mass is 16.5. The molecule has 0 bridgehead atoms. The van der Waals surface area contributed by atoms with Gasteiger partial charge >= 0.3 is 0 Å². The van der Waals surface area contributed by atoms with Gasteiger partial charge in [0.05, 0.1) is 0 Å². The third-order valence-electron chi connectivity index (χ3n) is 5.38. The fourth-order valence-corrected chi connectivity index (χ4v) is 3.49. The van der Waals surface area contributed by atoms with Gasteiger partial charge in [0, 0.05) is 42.7 Å². The maximum absolute atomic E-state index is 12.8. The molecule has 5 heteroatoms. The van der Waals surface area contributed by atoms with Crippen molar-refractivity contribution in [2.24, 2.45) is 5.92 Å². The second-order valence-electron chi connectivity index (χ2n) is 7.60. The van der Waals surface area contributed by atoms with Crippen molar-refractivity contribution >= 4 is 5.91 Å². The molecule has 2 fully saturated rings. The molecule has 2 heterocycles. The highest BCUT2D eigenvalue weighted by molar-refractivity contribution is 5.94. The Morgan fingerprint density at radius 3 is 2.74 bits per heavy atom. The lowest BCUT2D eigenvalue weighted by molar-refractivity contribution is 0.0704. The number of nitrogens with one attached hydrogen (secondary N) is 1. The van der Waals surface area contributed by atoms with Crippen LogP contribution in [0.15, 0.2) is 48.8 Å². The van der Waals surface area contributed by atoms with E-state index in [0.717, 1.165) is 44.0 Å². The number of pyridine rings is 1. The quantitative estimate of drug-likeness (QED) is 0.818. The van der Waals surface area contributed by atoms with Crippen LogP contribution >= 0.6 is 0 Å². The van der Waals surface area contributed by atoms with Gasteiger partial charge < -0.3 is 15.0 Å². The summed E-state index contributed by atoms with van der Waals surface area (Å²) in [5.41, 5.74) is 1.71. The number of likely N-dealkylation sites (tertiary alicyclic amines) is 1. The summed E-state index contributed by atoms with van der Waals surface area (Å²) in [6.45, 7) is 3.24. The molecule has 5 nitrogen and oxygen atoms in total. The van der Waals surface area contributed by atoms with Crippen LogP contribution in [0.2, 0.25) is 0 Å². The lowest BCUT2D eigenvalue weighted by Gasteiger charge is -2.32. The second-order valence-corrected chi connectivity index (χ2v) is 7.60. The minimum atomic E-state index is 0.0995. The normalized spacial score (nSPS) is 17.7. The molecule has 1 amide bonds. The number of nitrogens with zero attached hydrogens (tertiary/aromatic N) is 2. The molecule has 1 N–H and O–H groups in total. The van der Waals surface area contributed by atoms with Crippen LogP contribution in [0, 0.1) is 5.92 Å². The summed E-state index contributed by atoms with van der Waals surface area (Å²) < 4.78 is 5.83. The molecule has 27 heavy (non-hydrogen) atoms. The Labute approximate surface area is 160 Å². The Hall–Kier alpha value is -2.40. The van der Waals surface area contributed by atoms with Crippen molar-refractivity contribution in [3.63, 3.8) is 0 Å². The highest BCUT2D eigenvalue weighted by Crippen LogP contribution is 2.28. The Bertz CT molecular complexity index is 753. The Morgan fingerprint density at radius 2 is 2.00 bits per heavy atom. The van der Waals surface area contributed by atoms with Gasteiger partial charge in [0.2, 0.25) is 0 Å². The Balaban J connectivity index is 1.29. The minimum Gasteiger partial charge on any atom is -0.489 e. The van der Waals surface area contributed by atoms with E-state index in [9.17, 15) is 4.79 Å². The van der Waals surface area contributed by atoms with Gasteiger partial charge in [0.25, 0.3) is 5.91 Å². The largest absolute Gasteiger partial charge is 0.489 e. The van der Waals surface area contributed by atoms with Crippen molar-refractivity contribution in [3.05, 3.63) is 59.9 Å². The highest BCUT2D eigenvalue weighted by Gasteiger charge is 2.26. The van der Waals surface area contributed by atoms with Crippen LogP contribution in [-0.2, 0) is 6.61 Å². The van der Waals surface area contributed by atoms with Gasteiger partial charge in [-0.15, -0.1) is 0 Å². The molecular formula is C22H27N3O2. The number of carbonyl (C=O) groups is 1. The number of aromatic nitrogens is 1. The summed E-state index contributed by atoms with van der Waals surface area (Å²) in [6, 6.07) is 11.9. The Morgan fingerprint density at radius 1 is 1.15 bits per heavy atom. The number of amides is 1. The van der Waals surface area contributed by atoms with Crippen LogP contribution < -0.4 is 10.1 Å². The fourth-order valence-electron chi connectivity index (χ4n) is 3.49. The maximum Gasteiger partial charge on any atom is 0.253 e. The molecule has 1 aromatic carbocycles. The first kappa shape index (κ1) is 18.0. The van der Waals surface area contributed by atoms with Crippen molar-refractivity contribution in [2.45, 2.75) is 38.3 Å². The average Bonchev–Trinajstić information content (AvgIpc) is 3.56. The molecule has 0 unspecified atom stereocenters. The molecule has 4 rings (SSSR count). The van der Waals surface area contributed by atoms with Crippen LogP contribution in [0.3, 0.4) is 0 Å². The van der Waals surface area contributed by atoms with Gasteiger partial charge in [-0.25, -0.2) is 0 Å². The maximum atomic E-state index is 12.8. The van der Waals surface area contributed by atoms with Crippen LogP contribution in [0.5, 0.6) is 5.75 Å². The van der Waals surface area contributed by atoms with E-state index < -0.39 is 0 Å². The number of piperidine rings is 1. The van der Waals surface area contributed by atoms with Gasteiger partial charge in [-0.3, -0.25) is 9.78 Å². The first-order chi connectivity index (χ1) is 13.3. The molecule has 1 saturated carbocycles. The van der Waals surface area contributed by atoms with E-state index in [0.29, 0.717) is 24.0 Å². The summed E-state index contributed by atoms with van der Waals surface area (Å²) in [7, 11) is 0. The van der Waals surface area contributed by atoms with Crippen LogP contribution in [-0.4, -0.2) is 41.5 Å². The molecule has 0 radical (unpaired) electrons. The molecule has 142 valence electrons. The van der Waals surface area contributed by atoms with Gasteiger partial charge in [-0.1, -0.05) is 12.1 Å². The lowest BCUT2D eigenvalue weighted by atomic mass is 10.0. The third-order valence-corrected chi connectivity index (χ3v) is 5.38. The van der Waals surface area contributed by atoms with Crippen LogP contribution in [0.1, 0.15) is 41.6 Å². The number of hydrogen-bond donors (Lipinski definition) is 1. The molecule has 0 atom stereocenters. The molecule has 1 saturated heterocycles. The molecule has 2 aliphatic rings. The first-order valence-corrected chi connectivity index (χ1v) is 9.92.